The Morgan fingerprint density at radius 2 is 2.08 bits per heavy atom. The number of ether oxygens (including phenoxy) is 2. The Morgan fingerprint density at radius 3 is 2.73 bits per heavy atom. The van der Waals surface area contributed by atoms with Crippen molar-refractivity contribution in [2.24, 2.45) is 0 Å². The van der Waals surface area contributed by atoms with E-state index < -0.39 is 30.7 Å². The minimum absolute atomic E-state index is 0.0310. The molecule has 1 saturated heterocycles. The number of rotatable bonds is 7. The van der Waals surface area contributed by atoms with Crippen LogP contribution in [0.25, 0.3) is 0 Å². The van der Waals surface area contributed by atoms with E-state index >= 15 is 0 Å². The van der Waals surface area contributed by atoms with Crippen molar-refractivity contribution in [2.75, 3.05) is 25.1 Å². The minimum atomic E-state index is -4.52. The molecule has 0 aliphatic carbocycles. The summed E-state index contributed by atoms with van der Waals surface area (Å²) < 4.78 is 46.4. The van der Waals surface area contributed by atoms with E-state index in [2.05, 4.69) is 15.4 Å². The standard InChI is InChI=1S/C17H21F3N2O4/c1-11(26-10-17(18,19)20)15(23)22-14-7-3-2-6-13(14)16(24)21-9-12-5-4-8-25-12/h2-3,6-7,11-12H,4-5,8-10H2,1H3,(H,21,24)(H,22,23)/t11-,12-/m0/s1. The third kappa shape index (κ3) is 6.30. The van der Waals surface area contributed by atoms with Gasteiger partial charge in [-0.3, -0.25) is 9.59 Å². The zero-order valence-corrected chi connectivity index (χ0v) is 14.3. The highest BCUT2D eigenvalue weighted by molar-refractivity contribution is 6.04. The van der Waals surface area contributed by atoms with Gasteiger partial charge in [0.05, 0.1) is 17.4 Å². The molecule has 6 nitrogen and oxygen atoms in total. The Labute approximate surface area is 149 Å². The van der Waals surface area contributed by atoms with Crippen LogP contribution in [0.15, 0.2) is 24.3 Å². The fraction of sp³-hybridized carbons (Fsp3) is 0.529. The van der Waals surface area contributed by atoms with E-state index in [0.717, 1.165) is 12.8 Å². The molecule has 0 radical (unpaired) electrons. The summed E-state index contributed by atoms with van der Waals surface area (Å²) in [4.78, 5) is 24.3. The molecule has 2 atom stereocenters. The van der Waals surface area contributed by atoms with Crippen molar-refractivity contribution in [1.82, 2.24) is 5.32 Å². The third-order valence-electron chi connectivity index (χ3n) is 3.81. The van der Waals surface area contributed by atoms with Crippen LogP contribution in [0.3, 0.4) is 0 Å². The zero-order valence-electron chi connectivity index (χ0n) is 14.3. The second-order valence-electron chi connectivity index (χ2n) is 5.95. The molecule has 9 heteroatoms. The lowest BCUT2D eigenvalue weighted by molar-refractivity contribution is -0.184. The molecule has 0 saturated carbocycles. The molecule has 1 aromatic rings. The van der Waals surface area contributed by atoms with Crippen LogP contribution in [0, 0.1) is 0 Å². The number of anilines is 1. The zero-order chi connectivity index (χ0) is 19.2. The van der Waals surface area contributed by atoms with E-state index in [1.165, 1.54) is 19.1 Å². The highest BCUT2D eigenvalue weighted by atomic mass is 19.4. The Kier molecular flexibility index (Phi) is 6.98. The van der Waals surface area contributed by atoms with Crippen LogP contribution < -0.4 is 10.6 Å². The van der Waals surface area contributed by atoms with Crippen molar-refractivity contribution < 1.29 is 32.2 Å². The second kappa shape index (κ2) is 9.00. The molecule has 2 N–H and O–H groups in total. The van der Waals surface area contributed by atoms with Crippen molar-refractivity contribution >= 4 is 17.5 Å². The number of halogens is 3. The number of alkyl halides is 3. The number of hydrogen-bond donors (Lipinski definition) is 2. The molecule has 1 aromatic carbocycles. The summed E-state index contributed by atoms with van der Waals surface area (Å²) >= 11 is 0. The van der Waals surface area contributed by atoms with Gasteiger partial charge in [-0.15, -0.1) is 0 Å². The Balaban J connectivity index is 1.94. The number of para-hydroxylation sites is 1. The average molecular weight is 374 g/mol. The van der Waals surface area contributed by atoms with Crippen molar-refractivity contribution in [3.8, 4) is 0 Å². The molecule has 144 valence electrons. The summed E-state index contributed by atoms with van der Waals surface area (Å²) in [5.74, 6) is -1.17. The second-order valence-corrected chi connectivity index (χ2v) is 5.95. The van der Waals surface area contributed by atoms with Crippen LogP contribution in [-0.2, 0) is 14.3 Å². The molecule has 0 spiro atoms. The fourth-order valence-corrected chi connectivity index (χ4v) is 2.43. The summed E-state index contributed by atoms with van der Waals surface area (Å²) in [6.45, 7) is 0.710. The van der Waals surface area contributed by atoms with Crippen LogP contribution in [-0.4, -0.2) is 50.0 Å². The van der Waals surface area contributed by atoms with Gasteiger partial charge < -0.3 is 20.1 Å². The highest BCUT2D eigenvalue weighted by Gasteiger charge is 2.30. The van der Waals surface area contributed by atoms with E-state index in [0.29, 0.717) is 13.2 Å². The number of carbonyl (C=O) groups is 2. The van der Waals surface area contributed by atoms with Crippen molar-refractivity contribution in [3.05, 3.63) is 29.8 Å². The lowest BCUT2D eigenvalue weighted by atomic mass is 10.1. The van der Waals surface area contributed by atoms with Gasteiger partial charge >= 0.3 is 6.18 Å². The maximum atomic E-state index is 12.3. The Hall–Kier alpha value is -2.13. The van der Waals surface area contributed by atoms with Crippen LogP contribution in [0.4, 0.5) is 18.9 Å². The normalized spacial score (nSPS) is 18.4. The topological polar surface area (TPSA) is 76.7 Å². The van der Waals surface area contributed by atoms with Crippen molar-refractivity contribution in [2.45, 2.75) is 38.1 Å². The molecule has 1 aliphatic rings. The van der Waals surface area contributed by atoms with Gasteiger partial charge in [-0.25, -0.2) is 0 Å². The first kappa shape index (κ1) is 20.2. The van der Waals surface area contributed by atoms with E-state index in [9.17, 15) is 22.8 Å². The summed E-state index contributed by atoms with van der Waals surface area (Å²) in [7, 11) is 0. The number of nitrogens with one attached hydrogen (secondary N) is 2. The van der Waals surface area contributed by atoms with Crippen molar-refractivity contribution in [3.63, 3.8) is 0 Å². The molecular formula is C17H21F3N2O4. The highest BCUT2D eigenvalue weighted by Crippen LogP contribution is 2.18. The van der Waals surface area contributed by atoms with Gasteiger partial charge in [-0.1, -0.05) is 12.1 Å². The van der Waals surface area contributed by atoms with Crippen LogP contribution >= 0.6 is 0 Å². The van der Waals surface area contributed by atoms with Gasteiger partial charge in [0.15, 0.2) is 0 Å². The van der Waals surface area contributed by atoms with Gasteiger partial charge in [0.1, 0.15) is 12.7 Å². The van der Waals surface area contributed by atoms with E-state index in [4.69, 9.17) is 4.74 Å². The maximum absolute atomic E-state index is 12.3. The van der Waals surface area contributed by atoms with Gasteiger partial charge in [0, 0.05) is 13.2 Å². The molecule has 0 aromatic heterocycles. The molecule has 1 fully saturated rings. The number of amides is 2. The molecular weight excluding hydrogens is 353 g/mol. The number of hydrogen-bond acceptors (Lipinski definition) is 4. The predicted octanol–water partition coefficient (Wildman–Crippen LogP) is 2.50. The Morgan fingerprint density at radius 1 is 1.35 bits per heavy atom. The lowest BCUT2D eigenvalue weighted by Gasteiger charge is -2.17. The molecule has 2 amide bonds. The van der Waals surface area contributed by atoms with Crippen molar-refractivity contribution in [1.29, 1.82) is 0 Å². The first-order valence-corrected chi connectivity index (χ1v) is 8.24. The van der Waals surface area contributed by atoms with E-state index in [1.54, 1.807) is 12.1 Å². The van der Waals surface area contributed by atoms with Gasteiger partial charge in [0.25, 0.3) is 11.8 Å². The van der Waals surface area contributed by atoms with Crippen LogP contribution in [0.5, 0.6) is 0 Å². The smallest absolute Gasteiger partial charge is 0.376 e. The number of carbonyl (C=O) groups excluding carboxylic acids is 2. The largest absolute Gasteiger partial charge is 0.411 e. The molecule has 0 bridgehead atoms. The minimum Gasteiger partial charge on any atom is -0.376 e. The van der Waals surface area contributed by atoms with Gasteiger partial charge in [-0.05, 0) is 31.9 Å². The average Bonchev–Trinajstić information content (AvgIpc) is 3.10. The van der Waals surface area contributed by atoms with E-state index in [-0.39, 0.29) is 17.4 Å². The van der Waals surface area contributed by atoms with E-state index in [1.807, 2.05) is 0 Å². The Bertz CT molecular complexity index is 631. The first-order chi connectivity index (χ1) is 12.3. The SMILES string of the molecule is C[C@H](OCC(F)(F)F)C(=O)Nc1ccccc1C(=O)NC[C@@H]1CCCO1. The molecule has 26 heavy (non-hydrogen) atoms. The first-order valence-electron chi connectivity index (χ1n) is 8.24. The maximum Gasteiger partial charge on any atom is 0.411 e. The quantitative estimate of drug-likeness (QED) is 0.769. The van der Waals surface area contributed by atoms with Crippen LogP contribution in [0.1, 0.15) is 30.1 Å². The van der Waals surface area contributed by atoms with Crippen LogP contribution in [0.2, 0.25) is 0 Å². The molecule has 2 rings (SSSR count). The molecule has 1 aliphatic heterocycles. The molecule has 1 heterocycles. The monoisotopic (exact) mass is 374 g/mol. The van der Waals surface area contributed by atoms with Gasteiger partial charge in [0.2, 0.25) is 0 Å². The summed E-state index contributed by atoms with van der Waals surface area (Å²) in [6.07, 6.45) is -4.05. The number of benzene rings is 1. The lowest BCUT2D eigenvalue weighted by Crippen LogP contribution is -2.34. The predicted molar refractivity (Wildman–Crippen MR) is 87.8 cm³/mol. The third-order valence-corrected chi connectivity index (χ3v) is 3.81. The summed E-state index contributed by atoms with van der Waals surface area (Å²) in [5, 5.41) is 5.17. The molecule has 0 unspecified atom stereocenters. The van der Waals surface area contributed by atoms with Gasteiger partial charge in [-0.2, -0.15) is 13.2 Å². The summed E-state index contributed by atoms with van der Waals surface area (Å²) in [5.41, 5.74) is 0.409. The summed E-state index contributed by atoms with van der Waals surface area (Å²) in [6, 6.07) is 6.24. The fourth-order valence-electron chi connectivity index (χ4n) is 2.43.